The molecule has 5 heteroatoms. The zero-order valence-electron chi connectivity index (χ0n) is 10.00. The number of ether oxygens (including phenoxy) is 1. The minimum Gasteiger partial charge on any atom is -0.462 e. The Balaban J connectivity index is 3.21. The predicted octanol–water partition coefficient (Wildman–Crippen LogP) is 3.53. The highest BCUT2D eigenvalue weighted by atomic mass is 35.5. The lowest BCUT2D eigenvalue weighted by molar-refractivity contribution is -0.139. The molecule has 0 atom stereocenters. The van der Waals surface area contributed by atoms with Crippen molar-refractivity contribution in [3.8, 4) is 0 Å². The van der Waals surface area contributed by atoms with Crippen molar-refractivity contribution in [1.29, 1.82) is 0 Å². The maximum Gasteiger partial charge on any atom is 0.341 e. The van der Waals surface area contributed by atoms with E-state index >= 15 is 0 Å². The molecule has 0 amide bonds. The fourth-order valence-corrected chi connectivity index (χ4v) is 1.66. The Kier molecular flexibility index (Phi) is 5.38. The van der Waals surface area contributed by atoms with Crippen LogP contribution in [0.4, 0.5) is 0 Å². The Hall–Kier alpha value is -1.32. The van der Waals surface area contributed by atoms with Crippen LogP contribution in [0.2, 0.25) is 10.0 Å². The molecule has 0 bridgehead atoms. The Morgan fingerprint density at radius 1 is 1.33 bits per heavy atom. The molecule has 0 saturated carbocycles. The summed E-state index contributed by atoms with van der Waals surface area (Å²) < 4.78 is 4.80. The molecule has 96 valence electrons. The highest BCUT2D eigenvalue weighted by molar-refractivity contribution is 6.43. The zero-order chi connectivity index (χ0) is 13.7. The van der Waals surface area contributed by atoms with Crippen molar-refractivity contribution in [3.63, 3.8) is 0 Å². The van der Waals surface area contributed by atoms with Gasteiger partial charge in [-0.05, 0) is 31.6 Å². The third kappa shape index (κ3) is 3.59. The Morgan fingerprint density at radius 3 is 2.56 bits per heavy atom. The number of rotatable bonds is 4. The van der Waals surface area contributed by atoms with Crippen LogP contribution in [0.3, 0.4) is 0 Å². The van der Waals surface area contributed by atoms with Crippen molar-refractivity contribution in [2.75, 3.05) is 6.61 Å². The fourth-order valence-electron chi connectivity index (χ4n) is 1.30. The van der Waals surface area contributed by atoms with Crippen molar-refractivity contribution in [3.05, 3.63) is 39.4 Å². The lowest BCUT2D eigenvalue weighted by Crippen LogP contribution is -2.13. The quantitative estimate of drug-likeness (QED) is 0.368. The van der Waals surface area contributed by atoms with Gasteiger partial charge in [0.2, 0.25) is 0 Å². The average Bonchev–Trinajstić information content (AvgIpc) is 2.30. The Labute approximate surface area is 115 Å². The summed E-state index contributed by atoms with van der Waals surface area (Å²) in [6.07, 6.45) is 1.38. The number of benzene rings is 1. The fraction of sp³-hybridized carbons (Fsp3) is 0.231. The van der Waals surface area contributed by atoms with E-state index in [2.05, 4.69) is 0 Å². The first-order chi connectivity index (χ1) is 8.47. The monoisotopic (exact) mass is 286 g/mol. The Bertz CT molecular complexity index is 507. The van der Waals surface area contributed by atoms with E-state index in [4.69, 9.17) is 27.9 Å². The van der Waals surface area contributed by atoms with Gasteiger partial charge in [-0.1, -0.05) is 35.3 Å². The number of carbonyl (C=O) groups excluding carboxylic acids is 2. The first-order valence-electron chi connectivity index (χ1n) is 5.31. The third-order valence-corrected chi connectivity index (χ3v) is 2.99. The molecule has 0 aliphatic carbocycles. The number of hydrogen-bond donors (Lipinski definition) is 0. The van der Waals surface area contributed by atoms with Gasteiger partial charge >= 0.3 is 5.97 Å². The van der Waals surface area contributed by atoms with Crippen LogP contribution in [0, 0.1) is 0 Å². The van der Waals surface area contributed by atoms with E-state index < -0.39 is 5.97 Å². The van der Waals surface area contributed by atoms with E-state index in [1.165, 1.54) is 13.0 Å². The number of Topliss-reactive ketones (excluding diaryl/α,β-unsaturated/α-hetero) is 1. The molecule has 0 fully saturated rings. The number of halogens is 2. The summed E-state index contributed by atoms with van der Waals surface area (Å²) in [6.45, 7) is 3.16. The van der Waals surface area contributed by atoms with Crippen molar-refractivity contribution < 1.29 is 14.3 Å². The van der Waals surface area contributed by atoms with Gasteiger partial charge in [-0.3, -0.25) is 4.79 Å². The molecule has 0 unspecified atom stereocenters. The van der Waals surface area contributed by atoms with Crippen LogP contribution in [-0.2, 0) is 14.3 Å². The van der Waals surface area contributed by atoms with E-state index in [9.17, 15) is 9.59 Å². The lowest BCUT2D eigenvalue weighted by Gasteiger charge is -2.05. The molecule has 0 spiro atoms. The van der Waals surface area contributed by atoms with Crippen LogP contribution < -0.4 is 0 Å². The van der Waals surface area contributed by atoms with Crippen molar-refractivity contribution in [1.82, 2.24) is 0 Å². The van der Waals surface area contributed by atoms with Gasteiger partial charge in [-0.25, -0.2) is 4.79 Å². The van der Waals surface area contributed by atoms with E-state index in [1.54, 1.807) is 25.1 Å². The van der Waals surface area contributed by atoms with Gasteiger partial charge in [-0.15, -0.1) is 0 Å². The van der Waals surface area contributed by atoms with Crippen LogP contribution in [0.15, 0.2) is 23.8 Å². The van der Waals surface area contributed by atoms with Gasteiger partial charge in [0.15, 0.2) is 5.78 Å². The molecule has 0 N–H and O–H groups in total. The summed E-state index contributed by atoms with van der Waals surface area (Å²) in [5, 5.41) is 0.652. The van der Waals surface area contributed by atoms with Crippen LogP contribution in [0.1, 0.15) is 19.4 Å². The molecule has 0 aliphatic heterocycles. The lowest BCUT2D eigenvalue weighted by atomic mass is 10.1. The molecule has 0 radical (unpaired) electrons. The summed E-state index contributed by atoms with van der Waals surface area (Å²) in [6, 6.07) is 4.97. The molecule has 1 rings (SSSR count). The molecule has 1 aromatic rings. The van der Waals surface area contributed by atoms with Crippen LogP contribution in [0.5, 0.6) is 0 Å². The SMILES string of the molecule is CCOC(=O)C(=Cc1cccc(Cl)c1Cl)C(C)=O. The van der Waals surface area contributed by atoms with Crippen LogP contribution >= 0.6 is 23.2 Å². The van der Waals surface area contributed by atoms with Crippen molar-refractivity contribution in [2.45, 2.75) is 13.8 Å². The second-order valence-corrected chi connectivity index (χ2v) is 4.26. The van der Waals surface area contributed by atoms with Gasteiger partial charge in [0.05, 0.1) is 16.7 Å². The third-order valence-electron chi connectivity index (χ3n) is 2.16. The second kappa shape index (κ2) is 6.57. The number of hydrogen-bond acceptors (Lipinski definition) is 3. The van der Waals surface area contributed by atoms with Crippen molar-refractivity contribution in [2.24, 2.45) is 0 Å². The largest absolute Gasteiger partial charge is 0.462 e. The van der Waals surface area contributed by atoms with Gasteiger partial charge in [0.1, 0.15) is 5.57 Å². The topological polar surface area (TPSA) is 43.4 Å². The van der Waals surface area contributed by atoms with E-state index in [0.717, 1.165) is 0 Å². The van der Waals surface area contributed by atoms with E-state index in [1.807, 2.05) is 0 Å². The molecule has 0 saturated heterocycles. The predicted molar refractivity (Wildman–Crippen MR) is 71.8 cm³/mol. The number of esters is 1. The Morgan fingerprint density at radius 2 is 2.00 bits per heavy atom. The summed E-state index contributed by atoms with van der Waals surface area (Å²) in [5.74, 6) is -1.05. The van der Waals surface area contributed by atoms with Gasteiger partial charge in [-0.2, -0.15) is 0 Å². The summed E-state index contributed by atoms with van der Waals surface area (Å²) >= 11 is 11.8. The van der Waals surface area contributed by atoms with E-state index in [0.29, 0.717) is 15.6 Å². The molecule has 3 nitrogen and oxygen atoms in total. The second-order valence-electron chi connectivity index (χ2n) is 3.48. The molecule has 18 heavy (non-hydrogen) atoms. The van der Waals surface area contributed by atoms with Gasteiger partial charge < -0.3 is 4.74 Å². The molecule has 0 aliphatic rings. The highest BCUT2D eigenvalue weighted by Crippen LogP contribution is 2.27. The summed E-state index contributed by atoms with van der Waals surface area (Å²) in [4.78, 5) is 23.0. The molecule has 1 aromatic carbocycles. The molecular weight excluding hydrogens is 275 g/mol. The minimum atomic E-state index is -0.666. The molecule has 0 aromatic heterocycles. The summed E-state index contributed by atoms with van der Waals surface area (Å²) in [5.41, 5.74) is 0.448. The highest BCUT2D eigenvalue weighted by Gasteiger charge is 2.16. The number of ketones is 1. The van der Waals surface area contributed by atoms with Crippen molar-refractivity contribution >= 4 is 41.0 Å². The first-order valence-corrected chi connectivity index (χ1v) is 6.06. The van der Waals surface area contributed by atoms with Gasteiger partial charge in [0.25, 0.3) is 0 Å². The molecule has 0 heterocycles. The zero-order valence-corrected chi connectivity index (χ0v) is 11.5. The maximum atomic E-state index is 11.6. The van der Waals surface area contributed by atoms with E-state index in [-0.39, 0.29) is 18.0 Å². The minimum absolute atomic E-state index is 0.0546. The van der Waals surface area contributed by atoms with Gasteiger partial charge in [0, 0.05) is 0 Å². The smallest absolute Gasteiger partial charge is 0.341 e. The number of carbonyl (C=O) groups is 2. The standard InChI is InChI=1S/C13H12Cl2O3/c1-3-18-13(17)10(8(2)16)7-9-5-4-6-11(14)12(9)15/h4-7H,3H2,1-2H3. The summed E-state index contributed by atoms with van der Waals surface area (Å²) in [7, 11) is 0. The molecular formula is C13H12Cl2O3. The van der Waals surface area contributed by atoms with Crippen LogP contribution in [0.25, 0.3) is 6.08 Å². The first kappa shape index (κ1) is 14.7. The maximum absolute atomic E-state index is 11.6. The average molecular weight is 287 g/mol. The normalized spacial score (nSPS) is 11.2. The van der Waals surface area contributed by atoms with Crippen LogP contribution in [-0.4, -0.2) is 18.4 Å².